The molecule has 10 heteroatoms. The van der Waals surface area contributed by atoms with E-state index >= 15 is 0 Å². The van der Waals surface area contributed by atoms with Crippen LogP contribution in [-0.4, -0.2) is 29.8 Å². The molecular formula is C20H21F3N2O5. The first-order valence-corrected chi connectivity index (χ1v) is 8.78. The monoisotopic (exact) mass is 426 g/mol. The number of rotatable bonds is 5. The van der Waals surface area contributed by atoms with Crippen molar-refractivity contribution in [3.8, 4) is 11.6 Å². The summed E-state index contributed by atoms with van der Waals surface area (Å²) in [7, 11) is 1.20. The van der Waals surface area contributed by atoms with Crippen molar-refractivity contribution in [2.45, 2.75) is 39.1 Å². The van der Waals surface area contributed by atoms with Crippen LogP contribution in [-0.2, 0) is 22.2 Å². The summed E-state index contributed by atoms with van der Waals surface area (Å²) in [6, 6.07) is 7.76. The first kappa shape index (κ1) is 23.0. The maximum Gasteiger partial charge on any atom is 0.433 e. The van der Waals surface area contributed by atoms with Gasteiger partial charge in [-0.15, -0.1) is 0 Å². The summed E-state index contributed by atoms with van der Waals surface area (Å²) >= 11 is 0. The van der Waals surface area contributed by atoms with Crippen LogP contribution in [0.1, 0.15) is 42.4 Å². The van der Waals surface area contributed by atoms with Crippen molar-refractivity contribution in [2.24, 2.45) is 0 Å². The predicted molar refractivity (Wildman–Crippen MR) is 100 cm³/mol. The molecule has 30 heavy (non-hydrogen) atoms. The van der Waals surface area contributed by atoms with Crippen molar-refractivity contribution < 1.29 is 37.0 Å². The Hall–Kier alpha value is -3.30. The number of ether oxygens (including phenoxy) is 3. The van der Waals surface area contributed by atoms with Crippen LogP contribution in [0, 0.1) is 0 Å². The SMILES string of the molecule is COC(=O)c1cccc(Oc2cc(CNC(=O)OC(C)(C)C)cc(C(F)(F)F)n2)c1. The van der Waals surface area contributed by atoms with Gasteiger partial charge in [0.2, 0.25) is 5.88 Å². The summed E-state index contributed by atoms with van der Waals surface area (Å²) < 4.78 is 54.8. The molecule has 2 aromatic rings. The van der Waals surface area contributed by atoms with Gasteiger partial charge >= 0.3 is 18.2 Å². The Morgan fingerprint density at radius 1 is 1.10 bits per heavy atom. The fourth-order valence-electron chi connectivity index (χ4n) is 2.27. The number of hydrogen-bond acceptors (Lipinski definition) is 6. The average molecular weight is 426 g/mol. The van der Waals surface area contributed by atoms with Crippen LogP contribution in [0.2, 0.25) is 0 Å². The van der Waals surface area contributed by atoms with E-state index in [9.17, 15) is 22.8 Å². The molecule has 0 saturated carbocycles. The number of alkyl carbamates (subject to hydrolysis) is 1. The Morgan fingerprint density at radius 3 is 2.40 bits per heavy atom. The van der Waals surface area contributed by atoms with Crippen molar-refractivity contribution in [2.75, 3.05) is 7.11 Å². The van der Waals surface area contributed by atoms with Crippen LogP contribution in [0.5, 0.6) is 11.6 Å². The highest BCUT2D eigenvalue weighted by molar-refractivity contribution is 5.89. The topological polar surface area (TPSA) is 86.8 Å². The minimum atomic E-state index is -4.73. The van der Waals surface area contributed by atoms with Gasteiger partial charge in [0.25, 0.3) is 0 Å². The van der Waals surface area contributed by atoms with Crippen molar-refractivity contribution in [3.63, 3.8) is 0 Å². The number of carbonyl (C=O) groups excluding carboxylic acids is 2. The number of methoxy groups -OCH3 is 1. The minimum Gasteiger partial charge on any atom is -0.465 e. The third-order valence-electron chi connectivity index (χ3n) is 3.47. The van der Waals surface area contributed by atoms with Crippen LogP contribution >= 0.6 is 0 Å². The Bertz CT molecular complexity index is 923. The van der Waals surface area contributed by atoms with E-state index in [1.807, 2.05) is 0 Å². The van der Waals surface area contributed by atoms with E-state index in [0.29, 0.717) is 0 Å². The zero-order chi connectivity index (χ0) is 22.5. The Balaban J connectivity index is 2.26. The van der Waals surface area contributed by atoms with Crippen molar-refractivity contribution >= 4 is 12.1 Å². The second kappa shape index (κ2) is 9.02. The summed E-state index contributed by atoms with van der Waals surface area (Å²) in [6.45, 7) is 4.75. The van der Waals surface area contributed by atoms with Crippen LogP contribution in [0.4, 0.5) is 18.0 Å². The van der Waals surface area contributed by atoms with E-state index in [1.165, 1.54) is 37.4 Å². The van der Waals surface area contributed by atoms with Gasteiger partial charge in [0.05, 0.1) is 12.7 Å². The number of halogens is 3. The Morgan fingerprint density at radius 2 is 1.80 bits per heavy atom. The summed E-state index contributed by atoms with van der Waals surface area (Å²) in [5.74, 6) is -0.886. The molecule has 0 bridgehead atoms. The quantitative estimate of drug-likeness (QED) is 0.698. The Labute approximate surface area is 171 Å². The highest BCUT2D eigenvalue weighted by Gasteiger charge is 2.33. The van der Waals surface area contributed by atoms with Gasteiger partial charge < -0.3 is 19.5 Å². The third kappa shape index (κ3) is 6.94. The maximum atomic E-state index is 13.2. The summed E-state index contributed by atoms with van der Waals surface area (Å²) in [4.78, 5) is 26.9. The molecule has 1 heterocycles. The summed E-state index contributed by atoms with van der Waals surface area (Å²) in [5.41, 5.74) is -1.68. The number of pyridine rings is 1. The number of nitrogens with one attached hydrogen (secondary N) is 1. The van der Waals surface area contributed by atoms with Crippen LogP contribution in [0.3, 0.4) is 0 Å². The fraction of sp³-hybridized carbons (Fsp3) is 0.350. The molecule has 0 aliphatic heterocycles. The van der Waals surface area contributed by atoms with Gasteiger partial charge in [-0.05, 0) is 50.6 Å². The lowest BCUT2D eigenvalue weighted by atomic mass is 10.2. The zero-order valence-electron chi connectivity index (χ0n) is 16.8. The van der Waals surface area contributed by atoms with Crippen LogP contribution in [0.15, 0.2) is 36.4 Å². The highest BCUT2D eigenvalue weighted by Crippen LogP contribution is 2.31. The van der Waals surface area contributed by atoms with Crippen molar-refractivity contribution in [1.82, 2.24) is 10.3 Å². The molecule has 1 aromatic carbocycles. The van der Waals surface area contributed by atoms with Gasteiger partial charge in [-0.1, -0.05) is 6.07 Å². The van der Waals surface area contributed by atoms with E-state index in [-0.39, 0.29) is 29.3 Å². The molecular weight excluding hydrogens is 405 g/mol. The van der Waals surface area contributed by atoms with Gasteiger partial charge in [-0.25, -0.2) is 14.6 Å². The van der Waals surface area contributed by atoms with Gasteiger partial charge in [0, 0.05) is 12.6 Å². The van der Waals surface area contributed by atoms with Gasteiger partial charge in [-0.3, -0.25) is 0 Å². The molecule has 2 rings (SSSR count). The molecule has 1 N–H and O–H groups in total. The van der Waals surface area contributed by atoms with E-state index in [2.05, 4.69) is 15.0 Å². The number of aromatic nitrogens is 1. The highest BCUT2D eigenvalue weighted by atomic mass is 19.4. The number of carbonyl (C=O) groups is 2. The second-order valence-corrected chi connectivity index (χ2v) is 7.17. The van der Waals surface area contributed by atoms with E-state index in [4.69, 9.17) is 9.47 Å². The molecule has 0 saturated heterocycles. The number of benzene rings is 1. The lowest BCUT2D eigenvalue weighted by molar-refractivity contribution is -0.141. The molecule has 0 unspecified atom stereocenters. The first-order valence-electron chi connectivity index (χ1n) is 8.78. The zero-order valence-corrected chi connectivity index (χ0v) is 16.8. The standard InChI is InChI=1S/C20H21F3N2O5/c1-19(2,3)30-18(27)24-11-12-8-15(20(21,22)23)25-16(9-12)29-14-7-5-6-13(10-14)17(26)28-4/h5-10H,11H2,1-4H3,(H,24,27). The van der Waals surface area contributed by atoms with Gasteiger partial charge in [0.15, 0.2) is 0 Å². The molecule has 7 nitrogen and oxygen atoms in total. The summed E-state index contributed by atoms with van der Waals surface area (Å²) in [5, 5.41) is 2.38. The number of hydrogen-bond donors (Lipinski definition) is 1. The smallest absolute Gasteiger partial charge is 0.433 e. The fourth-order valence-corrected chi connectivity index (χ4v) is 2.27. The van der Waals surface area contributed by atoms with Crippen molar-refractivity contribution in [1.29, 1.82) is 0 Å². The number of alkyl halides is 3. The molecule has 0 aliphatic rings. The van der Waals surface area contributed by atoms with Gasteiger partial charge in [-0.2, -0.15) is 13.2 Å². The molecule has 0 radical (unpaired) electrons. The predicted octanol–water partition coefficient (Wildman–Crippen LogP) is 4.70. The average Bonchev–Trinajstić information content (AvgIpc) is 2.64. The molecule has 0 fully saturated rings. The largest absolute Gasteiger partial charge is 0.465 e. The van der Waals surface area contributed by atoms with Crippen LogP contribution in [0.25, 0.3) is 0 Å². The molecule has 1 amide bonds. The summed E-state index contributed by atoms with van der Waals surface area (Å²) in [6.07, 6.45) is -5.51. The molecule has 0 aliphatic carbocycles. The maximum absolute atomic E-state index is 13.2. The molecule has 1 aromatic heterocycles. The van der Waals surface area contributed by atoms with E-state index < -0.39 is 29.5 Å². The van der Waals surface area contributed by atoms with E-state index in [1.54, 1.807) is 20.8 Å². The van der Waals surface area contributed by atoms with Gasteiger partial charge in [0.1, 0.15) is 17.0 Å². The third-order valence-corrected chi connectivity index (χ3v) is 3.47. The first-order chi connectivity index (χ1) is 13.9. The van der Waals surface area contributed by atoms with Crippen molar-refractivity contribution in [3.05, 3.63) is 53.2 Å². The minimum absolute atomic E-state index is 0.0933. The number of amides is 1. The molecule has 162 valence electrons. The molecule has 0 spiro atoms. The molecule has 0 atom stereocenters. The normalized spacial score (nSPS) is 11.6. The number of esters is 1. The lowest BCUT2D eigenvalue weighted by Crippen LogP contribution is -2.32. The van der Waals surface area contributed by atoms with E-state index in [0.717, 1.165) is 6.07 Å². The second-order valence-electron chi connectivity index (χ2n) is 7.17. The number of nitrogens with zero attached hydrogens (tertiary/aromatic N) is 1. The Kier molecular flexibility index (Phi) is 6.91. The van der Waals surface area contributed by atoms with Crippen LogP contribution < -0.4 is 10.1 Å². The lowest BCUT2D eigenvalue weighted by Gasteiger charge is -2.20.